The molecule has 0 aliphatic rings. The molecule has 6 nitrogen and oxygen atoms in total. The second-order valence-corrected chi connectivity index (χ2v) is 6.66. The van der Waals surface area contributed by atoms with E-state index in [0.717, 1.165) is 6.07 Å². The van der Waals surface area contributed by atoms with Crippen molar-refractivity contribution in [3.63, 3.8) is 0 Å². The fourth-order valence-electron chi connectivity index (χ4n) is 2.23. The average molecular weight is 314 g/mol. The van der Waals surface area contributed by atoms with Gasteiger partial charge in [0.1, 0.15) is 4.90 Å². The van der Waals surface area contributed by atoms with Crippen LogP contribution in [0.2, 0.25) is 0 Å². The van der Waals surface area contributed by atoms with Crippen molar-refractivity contribution in [2.45, 2.75) is 50.5 Å². The minimum Gasteiger partial charge on any atom is -0.478 e. The van der Waals surface area contributed by atoms with Crippen LogP contribution < -0.4 is 10.5 Å². The Morgan fingerprint density at radius 3 is 2.14 bits per heavy atom. The lowest BCUT2D eigenvalue weighted by Gasteiger charge is -2.31. The first-order valence-corrected chi connectivity index (χ1v) is 8.36. The summed E-state index contributed by atoms with van der Waals surface area (Å²) in [4.78, 5) is 10.8. The third-order valence-corrected chi connectivity index (χ3v) is 5.58. The summed E-state index contributed by atoms with van der Waals surface area (Å²) in [6.07, 6.45) is 1.98. The van der Waals surface area contributed by atoms with Gasteiger partial charge >= 0.3 is 5.97 Å². The Morgan fingerprint density at radius 1 is 1.24 bits per heavy atom. The maximum Gasteiger partial charge on any atom is 0.335 e. The lowest BCUT2D eigenvalue weighted by atomic mass is 9.91. The zero-order chi connectivity index (χ0) is 16.3. The Balaban J connectivity index is 3.23. The van der Waals surface area contributed by atoms with Gasteiger partial charge in [0.25, 0.3) is 0 Å². The molecular formula is C14H22N2O4S. The van der Waals surface area contributed by atoms with E-state index in [0.29, 0.717) is 19.3 Å². The third-order valence-electron chi connectivity index (χ3n) is 3.93. The SMILES string of the molecule is CCC(CC)(CC)NS(=O)(=O)c1ccc(C(=O)O)cc1N. The number of rotatable bonds is 7. The number of carbonyl (C=O) groups is 1. The Bertz CT molecular complexity index is 614. The minimum atomic E-state index is -3.80. The van der Waals surface area contributed by atoms with Crippen molar-refractivity contribution in [2.75, 3.05) is 5.73 Å². The molecule has 7 heteroatoms. The van der Waals surface area contributed by atoms with E-state index >= 15 is 0 Å². The van der Waals surface area contributed by atoms with E-state index in [9.17, 15) is 13.2 Å². The van der Waals surface area contributed by atoms with Gasteiger partial charge in [-0.25, -0.2) is 17.9 Å². The van der Waals surface area contributed by atoms with Gasteiger partial charge in [-0.15, -0.1) is 0 Å². The van der Waals surface area contributed by atoms with Crippen LogP contribution in [0.3, 0.4) is 0 Å². The van der Waals surface area contributed by atoms with E-state index in [-0.39, 0.29) is 16.1 Å². The molecule has 21 heavy (non-hydrogen) atoms. The largest absolute Gasteiger partial charge is 0.478 e. The van der Waals surface area contributed by atoms with E-state index in [2.05, 4.69) is 4.72 Å². The van der Waals surface area contributed by atoms with Gasteiger partial charge in [0.2, 0.25) is 10.0 Å². The summed E-state index contributed by atoms with van der Waals surface area (Å²) in [7, 11) is -3.80. The molecule has 1 aromatic rings. The number of nitrogens with two attached hydrogens (primary N) is 1. The summed E-state index contributed by atoms with van der Waals surface area (Å²) >= 11 is 0. The van der Waals surface area contributed by atoms with E-state index in [1.807, 2.05) is 20.8 Å². The van der Waals surface area contributed by atoms with Gasteiger partial charge in [0.15, 0.2) is 0 Å². The summed E-state index contributed by atoms with van der Waals surface area (Å²) in [6, 6.07) is 3.62. The van der Waals surface area contributed by atoms with Gasteiger partial charge in [-0.1, -0.05) is 20.8 Å². The highest BCUT2D eigenvalue weighted by atomic mass is 32.2. The Hall–Kier alpha value is -1.60. The number of sulfonamides is 1. The monoisotopic (exact) mass is 314 g/mol. The fourth-order valence-corrected chi connectivity index (χ4v) is 3.96. The molecule has 0 aliphatic carbocycles. The van der Waals surface area contributed by atoms with Gasteiger partial charge in [-0.3, -0.25) is 0 Å². The highest BCUT2D eigenvalue weighted by Gasteiger charge is 2.31. The molecule has 0 unspecified atom stereocenters. The van der Waals surface area contributed by atoms with Crippen molar-refractivity contribution in [1.29, 1.82) is 0 Å². The maximum atomic E-state index is 12.5. The number of nitrogens with one attached hydrogen (secondary N) is 1. The minimum absolute atomic E-state index is 0.0424. The molecular weight excluding hydrogens is 292 g/mol. The molecule has 118 valence electrons. The molecule has 0 radical (unpaired) electrons. The summed E-state index contributed by atoms with van der Waals surface area (Å²) in [6.45, 7) is 5.77. The van der Waals surface area contributed by atoms with Crippen LogP contribution in [0.25, 0.3) is 0 Å². The lowest BCUT2D eigenvalue weighted by molar-refractivity contribution is 0.0697. The Labute approximate surface area is 125 Å². The molecule has 1 rings (SSSR count). The van der Waals surface area contributed by atoms with Crippen LogP contribution in [0.1, 0.15) is 50.4 Å². The highest BCUT2D eigenvalue weighted by Crippen LogP contribution is 2.26. The summed E-state index contributed by atoms with van der Waals surface area (Å²) in [5, 5.41) is 8.88. The molecule has 0 saturated carbocycles. The number of hydrogen-bond acceptors (Lipinski definition) is 4. The van der Waals surface area contributed by atoms with Crippen LogP contribution in [0.15, 0.2) is 23.1 Å². The van der Waals surface area contributed by atoms with Crippen molar-refractivity contribution in [3.8, 4) is 0 Å². The van der Waals surface area contributed by atoms with Gasteiger partial charge in [-0.05, 0) is 37.5 Å². The summed E-state index contributed by atoms with van der Waals surface area (Å²) < 4.78 is 27.7. The predicted molar refractivity (Wildman–Crippen MR) is 81.7 cm³/mol. The molecule has 4 N–H and O–H groups in total. The number of carboxylic acids is 1. The first kappa shape index (κ1) is 17.5. The van der Waals surface area contributed by atoms with Crippen LogP contribution in [-0.2, 0) is 10.0 Å². The molecule has 0 bridgehead atoms. The zero-order valence-electron chi connectivity index (χ0n) is 12.5. The van der Waals surface area contributed by atoms with Crippen LogP contribution in [0, 0.1) is 0 Å². The van der Waals surface area contributed by atoms with Crippen molar-refractivity contribution in [2.24, 2.45) is 0 Å². The van der Waals surface area contributed by atoms with Crippen molar-refractivity contribution < 1.29 is 18.3 Å². The molecule has 0 spiro atoms. The van der Waals surface area contributed by atoms with Crippen molar-refractivity contribution >= 4 is 21.7 Å². The first-order chi connectivity index (χ1) is 9.71. The average Bonchev–Trinajstić information content (AvgIpc) is 2.44. The van der Waals surface area contributed by atoms with Crippen LogP contribution in [0.4, 0.5) is 5.69 Å². The van der Waals surface area contributed by atoms with Crippen molar-refractivity contribution in [3.05, 3.63) is 23.8 Å². The zero-order valence-corrected chi connectivity index (χ0v) is 13.3. The first-order valence-electron chi connectivity index (χ1n) is 6.88. The van der Waals surface area contributed by atoms with E-state index in [1.54, 1.807) is 0 Å². The van der Waals surface area contributed by atoms with E-state index in [1.165, 1.54) is 12.1 Å². The molecule has 1 aromatic carbocycles. The molecule has 0 aliphatic heterocycles. The normalized spacial score (nSPS) is 12.3. The van der Waals surface area contributed by atoms with Crippen LogP contribution >= 0.6 is 0 Å². The summed E-state index contributed by atoms with van der Waals surface area (Å²) in [5.41, 5.74) is 5.08. The van der Waals surface area contributed by atoms with Gasteiger partial charge < -0.3 is 10.8 Å². The van der Waals surface area contributed by atoms with Gasteiger partial charge in [0, 0.05) is 5.54 Å². The molecule has 0 heterocycles. The quantitative estimate of drug-likeness (QED) is 0.668. The number of carboxylic acid groups (broad SMARTS) is 1. The maximum absolute atomic E-state index is 12.5. The van der Waals surface area contributed by atoms with E-state index < -0.39 is 21.5 Å². The number of hydrogen-bond donors (Lipinski definition) is 3. The van der Waals surface area contributed by atoms with Crippen LogP contribution in [0.5, 0.6) is 0 Å². The molecule has 0 amide bonds. The molecule has 0 atom stereocenters. The van der Waals surface area contributed by atoms with Gasteiger partial charge in [0.05, 0.1) is 11.3 Å². The number of aromatic carboxylic acids is 1. The third kappa shape index (κ3) is 3.74. The smallest absolute Gasteiger partial charge is 0.335 e. The fraction of sp³-hybridized carbons (Fsp3) is 0.500. The molecule has 0 fully saturated rings. The molecule has 0 aromatic heterocycles. The van der Waals surface area contributed by atoms with Crippen molar-refractivity contribution in [1.82, 2.24) is 4.72 Å². The second-order valence-electron chi connectivity index (χ2n) is 5.00. The number of nitrogen functional groups attached to an aromatic ring is 1. The Kier molecular flexibility index (Phi) is 5.36. The van der Waals surface area contributed by atoms with Crippen LogP contribution in [-0.4, -0.2) is 25.0 Å². The Morgan fingerprint density at radius 2 is 1.76 bits per heavy atom. The number of benzene rings is 1. The predicted octanol–water partition coefficient (Wildman–Crippen LogP) is 2.21. The molecule has 0 saturated heterocycles. The van der Waals surface area contributed by atoms with Gasteiger partial charge in [-0.2, -0.15) is 0 Å². The highest BCUT2D eigenvalue weighted by molar-refractivity contribution is 7.89. The summed E-state index contributed by atoms with van der Waals surface area (Å²) in [5.74, 6) is -1.15. The lowest BCUT2D eigenvalue weighted by Crippen LogP contribution is -2.47. The number of anilines is 1. The second kappa shape index (κ2) is 6.44. The standard InChI is InChI=1S/C14H22N2O4S/c1-4-14(5-2,6-3)16-21(19,20)12-8-7-10(13(17)18)9-11(12)15/h7-9,16H,4-6,15H2,1-3H3,(H,17,18). The van der Waals surface area contributed by atoms with E-state index in [4.69, 9.17) is 10.8 Å². The topological polar surface area (TPSA) is 109 Å².